The first kappa shape index (κ1) is 20.8. The Morgan fingerprint density at radius 2 is 1.68 bits per heavy atom. The number of rotatable bonds is 7. The third-order valence-electron chi connectivity index (χ3n) is 3.62. The summed E-state index contributed by atoms with van der Waals surface area (Å²) in [5.41, 5.74) is -0.154. The molecule has 1 rings (SSSR count). The van der Waals surface area contributed by atoms with Crippen molar-refractivity contribution in [3.63, 3.8) is 0 Å². The molecule has 1 aromatic carbocycles. The number of hydrogen-bond donors (Lipinski definition) is 4. The summed E-state index contributed by atoms with van der Waals surface area (Å²) in [6, 6.07) is 6.95. The first-order valence-electron chi connectivity index (χ1n) is 8.12. The molecular formula is C18H28N2O5. The van der Waals surface area contributed by atoms with Crippen LogP contribution in [0.4, 0.5) is 4.79 Å². The van der Waals surface area contributed by atoms with Crippen molar-refractivity contribution in [2.45, 2.75) is 51.7 Å². The number of urea groups is 1. The van der Waals surface area contributed by atoms with Crippen LogP contribution in [0.3, 0.4) is 0 Å². The summed E-state index contributed by atoms with van der Waals surface area (Å²) in [6.45, 7) is 9.06. The molecule has 0 saturated heterocycles. The Morgan fingerprint density at radius 3 is 2.16 bits per heavy atom. The van der Waals surface area contributed by atoms with Crippen molar-refractivity contribution >= 4 is 12.0 Å². The molecule has 1 aromatic rings. The van der Waals surface area contributed by atoms with Crippen molar-refractivity contribution in [2.75, 3.05) is 13.2 Å². The van der Waals surface area contributed by atoms with Gasteiger partial charge in [-0.05, 0) is 37.0 Å². The highest BCUT2D eigenvalue weighted by atomic mass is 16.5. The van der Waals surface area contributed by atoms with Crippen molar-refractivity contribution in [3.8, 4) is 5.75 Å². The van der Waals surface area contributed by atoms with E-state index in [9.17, 15) is 14.7 Å². The number of benzene rings is 1. The van der Waals surface area contributed by atoms with Crippen molar-refractivity contribution in [1.29, 1.82) is 0 Å². The topological polar surface area (TPSA) is 108 Å². The summed E-state index contributed by atoms with van der Waals surface area (Å²) in [5, 5.41) is 23.5. The number of hydrogen-bond acceptors (Lipinski definition) is 4. The average molecular weight is 352 g/mol. The summed E-state index contributed by atoms with van der Waals surface area (Å²) in [4.78, 5) is 22.6. The Balaban J connectivity index is 2.39. The molecule has 0 bridgehead atoms. The van der Waals surface area contributed by atoms with Gasteiger partial charge < -0.3 is 25.6 Å². The molecule has 0 aliphatic heterocycles. The predicted octanol–water partition coefficient (Wildman–Crippen LogP) is 1.89. The molecule has 0 aliphatic carbocycles. The zero-order valence-electron chi connectivity index (χ0n) is 15.4. The minimum absolute atomic E-state index is 0.0114. The van der Waals surface area contributed by atoms with Gasteiger partial charge in [0.25, 0.3) is 0 Å². The Morgan fingerprint density at radius 1 is 1.12 bits per heavy atom. The van der Waals surface area contributed by atoms with Gasteiger partial charge in [0.05, 0.1) is 0 Å². The van der Waals surface area contributed by atoms with Gasteiger partial charge in [-0.2, -0.15) is 0 Å². The number of carbonyl (C=O) groups is 2. The third-order valence-corrected chi connectivity index (χ3v) is 3.62. The van der Waals surface area contributed by atoms with Crippen LogP contribution < -0.4 is 15.4 Å². The fraction of sp³-hybridized carbons (Fsp3) is 0.556. The van der Waals surface area contributed by atoms with Gasteiger partial charge in [-0.1, -0.05) is 32.9 Å². The molecule has 1 atom stereocenters. The SMILES string of the molecule is CC(C)(NC(=O)NC[C@@H](O)COc1ccc(C(C)(C)C)cc1)C(=O)O. The molecule has 0 aliphatic rings. The summed E-state index contributed by atoms with van der Waals surface area (Å²) >= 11 is 0. The summed E-state index contributed by atoms with van der Waals surface area (Å²) in [6.07, 6.45) is -0.916. The van der Waals surface area contributed by atoms with Crippen LogP contribution in [0.25, 0.3) is 0 Å². The maximum Gasteiger partial charge on any atom is 0.328 e. The zero-order valence-corrected chi connectivity index (χ0v) is 15.4. The molecule has 7 nitrogen and oxygen atoms in total. The first-order chi connectivity index (χ1) is 11.4. The van der Waals surface area contributed by atoms with E-state index in [1.807, 2.05) is 24.3 Å². The lowest BCUT2D eigenvalue weighted by Gasteiger charge is -2.22. The molecule has 140 valence electrons. The highest BCUT2D eigenvalue weighted by Gasteiger charge is 2.28. The Bertz CT molecular complexity index is 590. The number of amides is 2. The van der Waals surface area contributed by atoms with Gasteiger partial charge in [-0.3, -0.25) is 0 Å². The number of carbonyl (C=O) groups excluding carboxylic acids is 1. The van der Waals surface area contributed by atoms with Crippen molar-refractivity contribution in [2.24, 2.45) is 0 Å². The molecule has 0 aromatic heterocycles. The number of carboxylic acid groups (broad SMARTS) is 1. The van der Waals surface area contributed by atoms with E-state index in [2.05, 4.69) is 31.4 Å². The minimum atomic E-state index is -1.39. The number of nitrogens with one attached hydrogen (secondary N) is 2. The van der Waals surface area contributed by atoms with E-state index < -0.39 is 23.6 Å². The van der Waals surface area contributed by atoms with Crippen LogP contribution in [0.5, 0.6) is 5.75 Å². The van der Waals surface area contributed by atoms with E-state index in [1.165, 1.54) is 19.4 Å². The van der Waals surface area contributed by atoms with E-state index in [0.29, 0.717) is 5.75 Å². The van der Waals surface area contributed by atoms with Crippen LogP contribution in [-0.4, -0.2) is 47.0 Å². The van der Waals surface area contributed by atoms with Crippen LogP contribution >= 0.6 is 0 Å². The number of aliphatic hydroxyl groups excluding tert-OH is 1. The highest BCUT2D eigenvalue weighted by molar-refractivity contribution is 5.85. The van der Waals surface area contributed by atoms with Crippen LogP contribution in [0.15, 0.2) is 24.3 Å². The average Bonchev–Trinajstić information content (AvgIpc) is 2.50. The van der Waals surface area contributed by atoms with Crippen LogP contribution in [0, 0.1) is 0 Å². The summed E-state index contributed by atoms with van der Waals surface area (Å²) in [5.74, 6) is -0.520. The molecule has 0 heterocycles. The van der Waals surface area contributed by atoms with Gasteiger partial charge in [-0.25, -0.2) is 9.59 Å². The number of aliphatic carboxylic acids is 1. The second kappa shape index (κ2) is 8.20. The highest BCUT2D eigenvalue weighted by Crippen LogP contribution is 2.24. The zero-order chi connectivity index (χ0) is 19.3. The lowest BCUT2D eigenvalue weighted by atomic mass is 9.87. The predicted molar refractivity (Wildman–Crippen MR) is 94.9 cm³/mol. The van der Waals surface area contributed by atoms with Gasteiger partial charge >= 0.3 is 12.0 Å². The van der Waals surface area contributed by atoms with Crippen molar-refractivity contribution in [3.05, 3.63) is 29.8 Å². The number of aliphatic hydroxyl groups is 1. The summed E-state index contributed by atoms with van der Waals surface area (Å²) in [7, 11) is 0. The largest absolute Gasteiger partial charge is 0.491 e. The molecule has 0 fully saturated rings. The molecule has 25 heavy (non-hydrogen) atoms. The number of carboxylic acids is 1. The number of ether oxygens (including phenoxy) is 1. The van der Waals surface area contributed by atoms with E-state index >= 15 is 0 Å². The summed E-state index contributed by atoms with van der Waals surface area (Å²) < 4.78 is 5.49. The molecule has 7 heteroatoms. The standard InChI is InChI=1S/C18H28N2O5/c1-17(2,3)12-6-8-14(9-7-12)25-11-13(21)10-19-16(24)20-18(4,5)15(22)23/h6-9,13,21H,10-11H2,1-5H3,(H,22,23)(H2,19,20,24)/t13-/m1/s1. The molecule has 0 radical (unpaired) electrons. The Labute approximate surface area is 148 Å². The third kappa shape index (κ3) is 7.01. The molecule has 2 amide bonds. The fourth-order valence-electron chi connectivity index (χ4n) is 1.89. The van der Waals surface area contributed by atoms with Gasteiger partial charge in [0.1, 0.15) is 24.0 Å². The fourth-order valence-corrected chi connectivity index (χ4v) is 1.89. The molecule has 0 spiro atoms. The van der Waals surface area contributed by atoms with Crippen molar-refractivity contribution < 1.29 is 24.5 Å². The lowest BCUT2D eigenvalue weighted by molar-refractivity contribution is -0.142. The van der Waals surface area contributed by atoms with E-state index in [0.717, 1.165) is 0 Å². The smallest absolute Gasteiger partial charge is 0.328 e. The molecule has 0 unspecified atom stereocenters. The normalized spacial score (nSPS) is 13.0. The molecule has 4 N–H and O–H groups in total. The van der Waals surface area contributed by atoms with Crippen LogP contribution in [0.1, 0.15) is 40.2 Å². The quantitative estimate of drug-likeness (QED) is 0.599. The van der Waals surface area contributed by atoms with E-state index in [-0.39, 0.29) is 18.6 Å². The first-order valence-corrected chi connectivity index (χ1v) is 8.12. The maximum atomic E-state index is 11.6. The van der Waals surface area contributed by atoms with Crippen LogP contribution in [-0.2, 0) is 10.2 Å². The van der Waals surface area contributed by atoms with E-state index in [1.54, 1.807) is 0 Å². The molecule has 0 saturated carbocycles. The second-order valence-electron chi connectivity index (χ2n) is 7.50. The second-order valence-corrected chi connectivity index (χ2v) is 7.50. The Kier molecular flexibility index (Phi) is 6.81. The minimum Gasteiger partial charge on any atom is -0.491 e. The van der Waals surface area contributed by atoms with Gasteiger partial charge in [0, 0.05) is 6.54 Å². The lowest BCUT2D eigenvalue weighted by Crippen LogP contribution is -2.54. The van der Waals surface area contributed by atoms with Gasteiger partial charge in [0.2, 0.25) is 0 Å². The van der Waals surface area contributed by atoms with Gasteiger partial charge in [-0.15, -0.1) is 0 Å². The maximum absolute atomic E-state index is 11.6. The van der Waals surface area contributed by atoms with Crippen LogP contribution in [0.2, 0.25) is 0 Å². The van der Waals surface area contributed by atoms with Gasteiger partial charge in [0.15, 0.2) is 0 Å². The molecular weight excluding hydrogens is 324 g/mol. The monoisotopic (exact) mass is 352 g/mol. The van der Waals surface area contributed by atoms with E-state index in [4.69, 9.17) is 9.84 Å². The van der Waals surface area contributed by atoms with Crippen molar-refractivity contribution in [1.82, 2.24) is 10.6 Å². The Hall–Kier alpha value is -2.28.